The quantitative estimate of drug-likeness (QED) is 0.915. The van der Waals surface area contributed by atoms with Gasteiger partial charge in [-0.15, -0.1) is 0 Å². The number of hydrogen-bond acceptors (Lipinski definition) is 2. The number of aromatic nitrogens is 1. The van der Waals surface area contributed by atoms with Crippen molar-refractivity contribution in [3.8, 4) is 0 Å². The van der Waals surface area contributed by atoms with E-state index in [4.69, 9.17) is 0 Å². The van der Waals surface area contributed by atoms with Crippen molar-refractivity contribution in [2.45, 2.75) is 27.2 Å². The van der Waals surface area contributed by atoms with Gasteiger partial charge in [-0.1, -0.05) is 45.0 Å². The molecule has 0 fully saturated rings. The Bertz CT molecular complexity index is 599. The summed E-state index contributed by atoms with van der Waals surface area (Å²) in [6.07, 6.45) is 0.462. The van der Waals surface area contributed by atoms with E-state index < -0.39 is 11.9 Å². The lowest BCUT2D eigenvalue weighted by atomic mass is 9.78. The molecule has 0 spiro atoms. The molecular weight excluding hydrogens is 238 g/mol. The predicted molar refractivity (Wildman–Crippen MR) is 76.0 cm³/mol. The van der Waals surface area contributed by atoms with E-state index in [1.807, 2.05) is 57.2 Å². The van der Waals surface area contributed by atoms with Crippen LogP contribution in [0.5, 0.6) is 0 Å². The molecule has 1 N–H and O–H groups in total. The van der Waals surface area contributed by atoms with Crippen LogP contribution in [0.3, 0.4) is 0 Å². The normalized spacial score (nSPS) is 13.4. The van der Waals surface area contributed by atoms with Crippen molar-refractivity contribution < 1.29 is 9.90 Å². The van der Waals surface area contributed by atoms with Crippen LogP contribution in [-0.4, -0.2) is 16.1 Å². The number of pyridine rings is 1. The maximum Gasteiger partial charge on any atom is 0.307 e. The van der Waals surface area contributed by atoms with Gasteiger partial charge in [0.05, 0.1) is 11.4 Å². The first-order valence-electron chi connectivity index (χ1n) is 6.45. The van der Waals surface area contributed by atoms with Crippen molar-refractivity contribution in [3.63, 3.8) is 0 Å². The number of carboxylic acids is 1. The van der Waals surface area contributed by atoms with Gasteiger partial charge in [-0.25, -0.2) is 0 Å². The van der Waals surface area contributed by atoms with E-state index in [0.717, 1.165) is 16.6 Å². The fourth-order valence-electron chi connectivity index (χ4n) is 2.19. The number of carbonyl (C=O) groups is 1. The van der Waals surface area contributed by atoms with Crippen LogP contribution in [-0.2, 0) is 11.2 Å². The topological polar surface area (TPSA) is 50.2 Å². The molecule has 19 heavy (non-hydrogen) atoms. The first kappa shape index (κ1) is 13.5. The molecule has 100 valence electrons. The van der Waals surface area contributed by atoms with E-state index >= 15 is 0 Å². The second kappa shape index (κ2) is 5.00. The summed E-state index contributed by atoms with van der Waals surface area (Å²) < 4.78 is 0. The minimum absolute atomic E-state index is 0.279. The summed E-state index contributed by atoms with van der Waals surface area (Å²) in [5, 5.41) is 10.4. The Morgan fingerprint density at radius 1 is 1.21 bits per heavy atom. The molecule has 0 saturated carbocycles. The summed E-state index contributed by atoms with van der Waals surface area (Å²) in [5.41, 5.74) is 1.47. The van der Waals surface area contributed by atoms with Crippen LogP contribution in [0.4, 0.5) is 0 Å². The highest BCUT2D eigenvalue weighted by atomic mass is 16.4. The van der Waals surface area contributed by atoms with E-state index in [-0.39, 0.29) is 5.41 Å². The monoisotopic (exact) mass is 257 g/mol. The van der Waals surface area contributed by atoms with Crippen molar-refractivity contribution in [1.29, 1.82) is 0 Å². The third kappa shape index (κ3) is 3.11. The van der Waals surface area contributed by atoms with Gasteiger partial charge in [0.2, 0.25) is 0 Å². The standard InChI is InChI=1S/C16H19NO2/c1-16(2,3)13(15(18)19)10-12-9-8-11-6-4-5-7-14(11)17-12/h4-9,13H,10H2,1-3H3,(H,18,19). The number of para-hydroxylation sites is 1. The van der Waals surface area contributed by atoms with Gasteiger partial charge in [-0.3, -0.25) is 9.78 Å². The number of hydrogen-bond donors (Lipinski definition) is 1. The summed E-state index contributed by atoms with van der Waals surface area (Å²) in [5.74, 6) is -1.19. The second-order valence-electron chi connectivity index (χ2n) is 5.96. The van der Waals surface area contributed by atoms with Crippen LogP contribution >= 0.6 is 0 Å². The number of carboxylic acid groups (broad SMARTS) is 1. The van der Waals surface area contributed by atoms with E-state index in [2.05, 4.69) is 4.98 Å². The predicted octanol–water partition coefficient (Wildman–Crippen LogP) is 3.52. The molecule has 1 unspecified atom stereocenters. The molecule has 0 bridgehead atoms. The summed E-state index contributed by atoms with van der Waals surface area (Å²) in [7, 11) is 0. The average molecular weight is 257 g/mol. The molecular formula is C16H19NO2. The molecule has 0 radical (unpaired) electrons. The molecule has 0 amide bonds. The summed E-state index contributed by atoms with van der Waals surface area (Å²) in [6.45, 7) is 5.85. The molecule has 1 atom stereocenters. The lowest BCUT2D eigenvalue weighted by molar-refractivity contribution is -0.145. The third-order valence-corrected chi connectivity index (χ3v) is 3.41. The van der Waals surface area contributed by atoms with E-state index in [1.54, 1.807) is 0 Å². The Morgan fingerprint density at radius 3 is 2.53 bits per heavy atom. The van der Waals surface area contributed by atoms with Gasteiger partial charge in [0, 0.05) is 17.5 Å². The highest BCUT2D eigenvalue weighted by Crippen LogP contribution is 2.29. The van der Waals surface area contributed by atoms with Crippen molar-refractivity contribution in [2.24, 2.45) is 11.3 Å². The summed E-state index contributed by atoms with van der Waals surface area (Å²) in [6, 6.07) is 11.8. The number of aliphatic carboxylic acids is 1. The Labute approximate surface area is 113 Å². The molecule has 1 heterocycles. The van der Waals surface area contributed by atoms with Crippen molar-refractivity contribution >= 4 is 16.9 Å². The maximum absolute atomic E-state index is 11.4. The average Bonchev–Trinajstić information content (AvgIpc) is 2.34. The minimum Gasteiger partial charge on any atom is -0.481 e. The van der Waals surface area contributed by atoms with E-state index in [9.17, 15) is 9.90 Å². The summed E-state index contributed by atoms with van der Waals surface area (Å²) in [4.78, 5) is 15.9. The van der Waals surface area contributed by atoms with E-state index in [0.29, 0.717) is 6.42 Å². The highest BCUT2D eigenvalue weighted by molar-refractivity contribution is 5.78. The highest BCUT2D eigenvalue weighted by Gasteiger charge is 2.31. The molecule has 2 rings (SSSR count). The minimum atomic E-state index is -0.762. The zero-order valence-electron chi connectivity index (χ0n) is 11.6. The van der Waals surface area contributed by atoms with Crippen LogP contribution in [0.15, 0.2) is 36.4 Å². The zero-order chi connectivity index (χ0) is 14.0. The van der Waals surface area contributed by atoms with Gasteiger partial charge in [0.15, 0.2) is 0 Å². The first-order chi connectivity index (χ1) is 8.88. The molecule has 1 aromatic heterocycles. The van der Waals surface area contributed by atoms with Crippen LogP contribution in [0.1, 0.15) is 26.5 Å². The lowest BCUT2D eigenvalue weighted by Gasteiger charge is -2.26. The molecule has 0 aliphatic carbocycles. The van der Waals surface area contributed by atoms with Crippen LogP contribution in [0.25, 0.3) is 10.9 Å². The van der Waals surface area contributed by atoms with Gasteiger partial charge >= 0.3 is 5.97 Å². The smallest absolute Gasteiger partial charge is 0.307 e. The number of rotatable bonds is 3. The molecule has 3 nitrogen and oxygen atoms in total. The number of benzene rings is 1. The van der Waals surface area contributed by atoms with Crippen molar-refractivity contribution in [1.82, 2.24) is 4.98 Å². The molecule has 3 heteroatoms. The fraction of sp³-hybridized carbons (Fsp3) is 0.375. The third-order valence-electron chi connectivity index (χ3n) is 3.41. The SMILES string of the molecule is CC(C)(C)C(Cc1ccc2ccccc2n1)C(=O)O. The largest absolute Gasteiger partial charge is 0.481 e. The van der Waals surface area contributed by atoms with Crippen molar-refractivity contribution in [3.05, 3.63) is 42.1 Å². The maximum atomic E-state index is 11.4. The van der Waals surface area contributed by atoms with E-state index in [1.165, 1.54) is 0 Å². The van der Waals surface area contributed by atoms with Gasteiger partial charge in [-0.2, -0.15) is 0 Å². The number of fused-ring (bicyclic) bond motifs is 1. The van der Waals surface area contributed by atoms with Crippen molar-refractivity contribution in [2.75, 3.05) is 0 Å². The fourth-order valence-corrected chi connectivity index (χ4v) is 2.19. The molecule has 0 aliphatic rings. The lowest BCUT2D eigenvalue weighted by Crippen LogP contribution is -2.30. The second-order valence-corrected chi connectivity index (χ2v) is 5.96. The first-order valence-corrected chi connectivity index (χ1v) is 6.45. The zero-order valence-corrected chi connectivity index (χ0v) is 11.6. The van der Waals surface area contributed by atoms with Crippen LogP contribution in [0.2, 0.25) is 0 Å². The Morgan fingerprint density at radius 2 is 1.89 bits per heavy atom. The molecule has 0 aliphatic heterocycles. The Kier molecular flexibility index (Phi) is 3.56. The van der Waals surface area contributed by atoms with Gasteiger partial charge in [0.25, 0.3) is 0 Å². The van der Waals surface area contributed by atoms with Gasteiger partial charge in [-0.05, 0) is 17.5 Å². The van der Waals surface area contributed by atoms with Gasteiger partial charge < -0.3 is 5.11 Å². The Balaban J connectivity index is 2.32. The number of nitrogens with zero attached hydrogens (tertiary/aromatic N) is 1. The van der Waals surface area contributed by atoms with Crippen LogP contribution < -0.4 is 0 Å². The molecule has 2 aromatic rings. The summed E-state index contributed by atoms with van der Waals surface area (Å²) >= 11 is 0. The molecule has 1 aromatic carbocycles. The van der Waals surface area contributed by atoms with Crippen LogP contribution in [0, 0.1) is 11.3 Å². The van der Waals surface area contributed by atoms with Gasteiger partial charge in [0.1, 0.15) is 0 Å². The Hall–Kier alpha value is -1.90. The molecule has 0 saturated heterocycles.